The second-order valence-corrected chi connectivity index (χ2v) is 3.65. The highest BCUT2D eigenvalue weighted by Crippen LogP contribution is 2.30. The molecule has 72 valence electrons. The molecule has 0 saturated carbocycles. The van der Waals surface area contributed by atoms with Gasteiger partial charge in [-0.1, -0.05) is 18.7 Å². The van der Waals surface area contributed by atoms with Crippen LogP contribution in [0.15, 0.2) is 30.4 Å². The fraction of sp³-hybridized carbons (Fsp3) is 0.231. The first-order valence-corrected chi connectivity index (χ1v) is 4.82. The Morgan fingerprint density at radius 1 is 1.43 bits per heavy atom. The Morgan fingerprint density at radius 3 is 2.93 bits per heavy atom. The highest BCUT2D eigenvalue weighted by molar-refractivity contribution is 5.66. The molecule has 1 aromatic rings. The van der Waals surface area contributed by atoms with Gasteiger partial charge in [-0.2, -0.15) is 0 Å². The van der Waals surface area contributed by atoms with Crippen LogP contribution in [0.2, 0.25) is 0 Å². The maximum atomic E-state index is 5.74. The van der Waals surface area contributed by atoms with Crippen LogP contribution >= 0.6 is 0 Å². The molecule has 14 heavy (non-hydrogen) atoms. The van der Waals surface area contributed by atoms with Gasteiger partial charge in [0.25, 0.3) is 0 Å². The van der Waals surface area contributed by atoms with Crippen molar-refractivity contribution in [2.45, 2.75) is 20.0 Å². The number of hydrogen-bond donors (Lipinski definition) is 0. The third kappa shape index (κ3) is 1.46. The van der Waals surface area contributed by atoms with Crippen LogP contribution in [0.3, 0.4) is 0 Å². The normalized spacial score (nSPS) is 19.3. The topological polar surface area (TPSA) is 9.23 Å². The van der Waals surface area contributed by atoms with Crippen LogP contribution in [0.5, 0.6) is 5.75 Å². The van der Waals surface area contributed by atoms with E-state index in [1.165, 1.54) is 5.57 Å². The first-order valence-electron chi connectivity index (χ1n) is 4.82. The molecule has 0 bridgehead atoms. The minimum Gasteiger partial charge on any atom is -0.486 e. The van der Waals surface area contributed by atoms with Gasteiger partial charge in [-0.15, -0.1) is 0 Å². The van der Waals surface area contributed by atoms with E-state index < -0.39 is 0 Å². The van der Waals surface area contributed by atoms with Crippen molar-refractivity contribution < 1.29 is 4.74 Å². The molecule has 0 N–H and O–H groups in total. The molecule has 0 spiro atoms. The molecule has 0 amide bonds. The van der Waals surface area contributed by atoms with Gasteiger partial charge >= 0.3 is 0 Å². The Kier molecular flexibility index (Phi) is 2.16. The van der Waals surface area contributed by atoms with E-state index in [2.05, 4.69) is 32.6 Å². The zero-order valence-corrected chi connectivity index (χ0v) is 8.58. The molecule has 1 aliphatic rings. The summed E-state index contributed by atoms with van der Waals surface area (Å²) in [5.41, 5.74) is 3.54. The highest BCUT2D eigenvalue weighted by atomic mass is 16.5. The molecule has 1 heterocycles. The van der Waals surface area contributed by atoms with Gasteiger partial charge in [0.15, 0.2) is 0 Å². The van der Waals surface area contributed by atoms with E-state index in [9.17, 15) is 0 Å². The van der Waals surface area contributed by atoms with Gasteiger partial charge in [-0.25, -0.2) is 0 Å². The largest absolute Gasteiger partial charge is 0.486 e. The summed E-state index contributed by atoms with van der Waals surface area (Å²) in [6, 6.07) is 6.12. The van der Waals surface area contributed by atoms with E-state index in [0.29, 0.717) is 0 Å². The summed E-state index contributed by atoms with van der Waals surface area (Å²) in [4.78, 5) is 0. The summed E-state index contributed by atoms with van der Waals surface area (Å²) in [6.07, 6.45) is 4.22. The van der Waals surface area contributed by atoms with Crippen molar-refractivity contribution in [3.05, 3.63) is 41.5 Å². The minimum atomic E-state index is 0.192. The van der Waals surface area contributed by atoms with Crippen LogP contribution in [-0.4, -0.2) is 6.10 Å². The smallest absolute Gasteiger partial charge is 0.127 e. The SMILES string of the molecule is C=Cc1ccc2c(c1)C=C(C)C(C)O2. The molecule has 1 heteroatoms. The Balaban J connectivity index is 2.50. The van der Waals surface area contributed by atoms with Crippen molar-refractivity contribution in [3.8, 4) is 5.75 Å². The first-order chi connectivity index (χ1) is 6.70. The lowest BCUT2D eigenvalue weighted by molar-refractivity contribution is 0.253. The molecule has 1 aliphatic heterocycles. The molecule has 0 radical (unpaired) electrons. The molecule has 1 unspecified atom stereocenters. The quantitative estimate of drug-likeness (QED) is 0.652. The van der Waals surface area contributed by atoms with Crippen molar-refractivity contribution in [1.82, 2.24) is 0 Å². The number of benzene rings is 1. The molecule has 0 saturated heterocycles. The predicted molar refractivity (Wildman–Crippen MR) is 60.3 cm³/mol. The first kappa shape index (κ1) is 9.07. The summed E-state index contributed by atoms with van der Waals surface area (Å²) in [7, 11) is 0. The Morgan fingerprint density at radius 2 is 2.21 bits per heavy atom. The number of fused-ring (bicyclic) bond motifs is 1. The van der Waals surface area contributed by atoms with Gasteiger partial charge in [0.05, 0.1) is 0 Å². The fourth-order valence-electron chi connectivity index (χ4n) is 1.56. The molecule has 1 nitrogen and oxygen atoms in total. The van der Waals surface area contributed by atoms with Crippen molar-refractivity contribution in [3.63, 3.8) is 0 Å². The van der Waals surface area contributed by atoms with Crippen LogP contribution in [0.25, 0.3) is 12.2 Å². The Labute approximate surface area is 84.7 Å². The van der Waals surface area contributed by atoms with Crippen LogP contribution in [-0.2, 0) is 0 Å². The third-order valence-corrected chi connectivity index (χ3v) is 2.60. The lowest BCUT2D eigenvalue weighted by atomic mass is 10.0. The van der Waals surface area contributed by atoms with E-state index in [-0.39, 0.29) is 6.10 Å². The van der Waals surface area contributed by atoms with E-state index in [1.807, 2.05) is 18.2 Å². The maximum Gasteiger partial charge on any atom is 0.127 e. The number of ether oxygens (including phenoxy) is 1. The summed E-state index contributed by atoms with van der Waals surface area (Å²) in [5, 5.41) is 0. The van der Waals surface area contributed by atoms with E-state index in [1.54, 1.807) is 0 Å². The zero-order valence-electron chi connectivity index (χ0n) is 8.58. The minimum absolute atomic E-state index is 0.192. The molecule has 0 fully saturated rings. The molecule has 1 atom stereocenters. The molecule has 0 aromatic heterocycles. The predicted octanol–water partition coefficient (Wildman–Crippen LogP) is 3.51. The van der Waals surface area contributed by atoms with Gasteiger partial charge in [0, 0.05) is 5.56 Å². The molecule has 0 aliphatic carbocycles. The van der Waals surface area contributed by atoms with Gasteiger partial charge in [0.1, 0.15) is 11.9 Å². The molecular formula is C13H14O. The highest BCUT2D eigenvalue weighted by Gasteiger charge is 2.14. The van der Waals surface area contributed by atoms with Crippen LogP contribution in [0.1, 0.15) is 25.0 Å². The standard InChI is InChI=1S/C13H14O/c1-4-11-5-6-13-12(8-11)7-9(2)10(3)14-13/h4-8,10H,1H2,2-3H3. The lowest BCUT2D eigenvalue weighted by Gasteiger charge is -2.22. The summed E-state index contributed by atoms with van der Waals surface area (Å²) in [6.45, 7) is 7.91. The third-order valence-electron chi connectivity index (χ3n) is 2.60. The van der Waals surface area contributed by atoms with Gasteiger partial charge < -0.3 is 4.74 Å². The van der Waals surface area contributed by atoms with Gasteiger partial charge in [-0.3, -0.25) is 0 Å². The molecule has 1 aromatic carbocycles. The van der Waals surface area contributed by atoms with Crippen LogP contribution in [0.4, 0.5) is 0 Å². The van der Waals surface area contributed by atoms with E-state index in [4.69, 9.17) is 4.74 Å². The van der Waals surface area contributed by atoms with Crippen molar-refractivity contribution >= 4 is 12.2 Å². The van der Waals surface area contributed by atoms with Crippen LogP contribution in [0, 0.1) is 0 Å². The summed E-state index contributed by atoms with van der Waals surface area (Å²) >= 11 is 0. The average Bonchev–Trinajstić information content (AvgIpc) is 2.19. The monoisotopic (exact) mass is 186 g/mol. The maximum absolute atomic E-state index is 5.74. The Bertz CT molecular complexity index is 402. The Hall–Kier alpha value is -1.50. The lowest BCUT2D eigenvalue weighted by Crippen LogP contribution is -2.16. The number of hydrogen-bond acceptors (Lipinski definition) is 1. The van der Waals surface area contributed by atoms with Crippen LogP contribution < -0.4 is 4.74 Å². The van der Waals surface area contributed by atoms with E-state index >= 15 is 0 Å². The number of rotatable bonds is 1. The van der Waals surface area contributed by atoms with E-state index in [0.717, 1.165) is 16.9 Å². The fourth-order valence-corrected chi connectivity index (χ4v) is 1.56. The van der Waals surface area contributed by atoms with Crippen molar-refractivity contribution in [2.24, 2.45) is 0 Å². The van der Waals surface area contributed by atoms with Gasteiger partial charge in [0.2, 0.25) is 0 Å². The molecule has 2 rings (SSSR count). The van der Waals surface area contributed by atoms with Crippen molar-refractivity contribution in [2.75, 3.05) is 0 Å². The van der Waals surface area contributed by atoms with Gasteiger partial charge in [-0.05, 0) is 43.2 Å². The van der Waals surface area contributed by atoms with Crippen molar-refractivity contribution in [1.29, 1.82) is 0 Å². The second-order valence-electron chi connectivity index (χ2n) is 3.65. The summed E-state index contributed by atoms with van der Waals surface area (Å²) in [5.74, 6) is 0.966. The summed E-state index contributed by atoms with van der Waals surface area (Å²) < 4.78 is 5.74. The second kappa shape index (κ2) is 3.33. The zero-order chi connectivity index (χ0) is 10.1. The average molecular weight is 186 g/mol. The molecular weight excluding hydrogens is 172 g/mol.